The van der Waals surface area contributed by atoms with E-state index in [1.54, 1.807) is 0 Å². The van der Waals surface area contributed by atoms with E-state index in [1.807, 2.05) is 12.1 Å². The van der Waals surface area contributed by atoms with Gasteiger partial charge in [-0.05, 0) is 48.2 Å². The highest BCUT2D eigenvalue weighted by atomic mass is 35.5. The van der Waals surface area contributed by atoms with Crippen molar-refractivity contribution in [3.05, 3.63) is 74.7 Å². The molecule has 1 aromatic carbocycles. The van der Waals surface area contributed by atoms with E-state index in [9.17, 15) is 27.9 Å². The highest BCUT2D eigenvalue weighted by Crippen LogP contribution is 2.32. The van der Waals surface area contributed by atoms with E-state index in [-0.39, 0.29) is 28.6 Å². The molecular formula is C24H22Cl2F3N5O3. The molecular weight excluding hydrogens is 534 g/mol. The molecule has 4 rings (SSSR count). The number of hydrogen-bond acceptors (Lipinski definition) is 5. The van der Waals surface area contributed by atoms with Crippen LogP contribution in [0.15, 0.2) is 36.5 Å². The molecule has 1 aliphatic rings. The number of carboxylic acid groups (broad SMARTS) is 1. The number of hydrogen-bond donors (Lipinski definition) is 3. The summed E-state index contributed by atoms with van der Waals surface area (Å²) in [6.07, 6.45) is -2.31. The van der Waals surface area contributed by atoms with Crippen molar-refractivity contribution in [2.45, 2.75) is 44.4 Å². The van der Waals surface area contributed by atoms with E-state index in [4.69, 9.17) is 23.2 Å². The van der Waals surface area contributed by atoms with Crippen molar-refractivity contribution in [3.63, 3.8) is 0 Å². The third kappa shape index (κ3) is 6.72. The second kappa shape index (κ2) is 11.0. The molecule has 13 heteroatoms. The Balaban J connectivity index is 1.56. The number of aryl methyl sites for hydroxylation is 3. The van der Waals surface area contributed by atoms with Crippen molar-refractivity contribution in [1.29, 1.82) is 0 Å². The Bertz CT molecular complexity index is 1310. The summed E-state index contributed by atoms with van der Waals surface area (Å²) in [6, 6.07) is 6.76. The van der Waals surface area contributed by atoms with Crippen LogP contribution in [-0.2, 0) is 30.4 Å². The standard InChI is InChI=1S/C24H22Cl2F3N5O3/c25-15-8-14(9-16(26)10-15)19(11-20(35)36)32-23(37)18-12-34(33-21(18)24(27,28)29)7-5-17-4-3-13-2-1-6-30-22(13)31-17/h3-4,8-10,12,19H,1-2,5-7,11H2,(H,30,31)(H,32,37)(H,35,36). The number of alkyl halides is 3. The number of anilines is 1. The quantitative estimate of drug-likeness (QED) is 0.354. The van der Waals surface area contributed by atoms with Crippen molar-refractivity contribution in [3.8, 4) is 0 Å². The van der Waals surface area contributed by atoms with Crippen LogP contribution in [0.4, 0.5) is 19.0 Å². The van der Waals surface area contributed by atoms with Crippen LogP contribution in [0.1, 0.15) is 51.8 Å². The summed E-state index contributed by atoms with van der Waals surface area (Å²) in [5.41, 5.74) is -0.104. The first-order valence-electron chi connectivity index (χ1n) is 11.4. The highest BCUT2D eigenvalue weighted by molar-refractivity contribution is 6.34. The second-order valence-corrected chi connectivity index (χ2v) is 9.44. The molecule has 3 N–H and O–H groups in total. The van der Waals surface area contributed by atoms with Gasteiger partial charge < -0.3 is 15.7 Å². The molecule has 37 heavy (non-hydrogen) atoms. The summed E-state index contributed by atoms with van der Waals surface area (Å²) in [6.45, 7) is 0.852. The number of carbonyl (C=O) groups is 2. The summed E-state index contributed by atoms with van der Waals surface area (Å²) in [5.74, 6) is -1.64. The van der Waals surface area contributed by atoms with Gasteiger partial charge in [-0.25, -0.2) is 4.98 Å². The van der Waals surface area contributed by atoms with Crippen LogP contribution >= 0.6 is 23.2 Å². The highest BCUT2D eigenvalue weighted by Gasteiger charge is 2.39. The van der Waals surface area contributed by atoms with Gasteiger partial charge in [0.1, 0.15) is 5.82 Å². The number of carboxylic acids is 1. The fourth-order valence-electron chi connectivity index (χ4n) is 4.09. The fraction of sp³-hybridized carbons (Fsp3) is 0.333. The van der Waals surface area contributed by atoms with Crippen molar-refractivity contribution in [1.82, 2.24) is 20.1 Å². The first-order valence-corrected chi connectivity index (χ1v) is 12.1. The van der Waals surface area contributed by atoms with Crippen LogP contribution in [0.5, 0.6) is 0 Å². The van der Waals surface area contributed by atoms with Gasteiger partial charge in [0.25, 0.3) is 5.91 Å². The van der Waals surface area contributed by atoms with Gasteiger partial charge in [0.2, 0.25) is 0 Å². The molecule has 0 saturated heterocycles. The molecule has 196 valence electrons. The summed E-state index contributed by atoms with van der Waals surface area (Å²) in [7, 11) is 0. The summed E-state index contributed by atoms with van der Waals surface area (Å²) >= 11 is 12.0. The van der Waals surface area contributed by atoms with Gasteiger partial charge in [0.05, 0.1) is 18.0 Å². The van der Waals surface area contributed by atoms with Crippen LogP contribution in [0.2, 0.25) is 10.0 Å². The van der Waals surface area contributed by atoms with Gasteiger partial charge >= 0.3 is 12.1 Å². The number of rotatable bonds is 8. The number of pyridine rings is 1. The van der Waals surface area contributed by atoms with Crippen LogP contribution in [0, 0.1) is 0 Å². The number of fused-ring (bicyclic) bond motifs is 1. The number of halogens is 5. The Morgan fingerprint density at radius 1 is 1.19 bits per heavy atom. The lowest BCUT2D eigenvalue weighted by Crippen LogP contribution is -2.31. The molecule has 0 spiro atoms. The van der Waals surface area contributed by atoms with Gasteiger partial charge in [-0.15, -0.1) is 0 Å². The second-order valence-electron chi connectivity index (χ2n) is 8.57. The van der Waals surface area contributed by atoms with Gasteiger partial charge in [-0.2, -0.15) is 18.3 Å². The lowest BCUT2D eigenvalue weighted by molar-refractivity contribution is -0.142. The zero-order chi connectivity index (χ0) is 26.7. The van der Waals surface area contributed by atoms with Crippen LogP contribution in [0.25, 0.3) is 0 Å². The maximum Gasteiger partial charge on any atom is 0.435 e. The van der Waals surface area contributed by atoms with Crippen LogP contribution < -0.4 is 10.6 Å². The SMILES string of the molecule is O=C(O)CC(NC(=O)c1cn(CCc2ccc3c(n2)NCCC3)nc1C(F)(F)F)c1cc(Cl)cc(Cl)c1. The van der Waals surface area contributed by atoms with Gasteiger partial charge in [0.15, 0.2) is 5.69 Å². The molecule has 1 unspecified atom stereocenters. The summed E-state index contributed by atoms with van der Waals surface area (Å²) in [5, 5.41) is 18.8. The molecule has 3 heterocycles. The maximum atomic E-state index is 13.7. The van der Waals surface area contributed by atoms with E-state index >= 15 is 0 Å². The number of aliphatic carboxylic acids is 1. The molecule has 2 aromatic heterocycles. The lowest BCUT2D eigenvalue weighted by atomic mass is 10.0. The summed E-state index contributed by atoms with van der Waals surface area (Å²) in [4.78, 5) is 28.9. The average Bonchev–Trinajstić information content (AvgIpc) is 3.26. The molecule has 0 fully saturated rings. The Morgan fingerprint density at radius 3 is 2.59 bits per heavy atom. The minimum Gasteiger partial charge on any atom is -0.481 e. The average molecular weight is 556 g/mol. The van der Waals surface area contributed by atoms with E-state index in [1.165, 1.54) is 18.2 Å². The molecule has 1 atom stereocenters. The number of aromatic nitrogens is 3. The third-order valence-electron chi connectivity index (χ3n) is 5.80. The van der Waals surface area contributed by atoms with Crippen molar-refractivity contribution in [2.75, 3.05) is 11.9 Å². The fourth-order valence-corrected chi connectivity index (χ4v) is 4.63. The normalized spacial score (nSPS) is 14.0. The molecule has 0 radical (unpaired) electrons. The smallest absolute Gasteiger partial charge is 0.435 e. The first kappa shape index (κ1) is 26.7. The van der Waals surface area contributed by atoms with E-state index in [0.29, 0.717) is 5.69 Å². The number of nitrogens with one attached hydrogen (secondary N) is 2. The monoisotopic (exact) mass is 555 g/mol. The van der Waals surface area contributed by atoms with Gasteiger partial charge in [0, 0.05) is 41.4 Å². The Kier molecular flexibility index (Phi) is 7.93. The molecule has 0 bridgehead atoms. The predicted octanol–water partition coefficient (Wildman–Crippen LogP) is 5.15. The minimum atomic E-state index is -4.91. The van der Waals surface area contributed by atoms with E-state index in [2.05, 4.69) is 20.7 Å². The Hall–Kier alpha value is -3.31. The van der Waals surface area contributed by atoms with E-state index < -0.39 is 41.8 Å². The predicted molar refractivity (Wildman–Crippen MR) is 131 cm³/mol. The van der Waals surface area contributed by atoms with Crippen LogP contribution in [0.3, 0.4) is 0 Å². The number of benzene rings is 1. The first-order chi connectivity index (χ1) is 17.5. The van der Waals surface area contributed by atoms with Crippen LogP contribution in [-0.4, -0.2) is 38.3 Å². The Morgan fingerprint density at radius 2 is 1.92 bits per heavy atom. The lowest BCUT2D eigenvalue weighted by Gasteiger charge is -2.18. The molecule has 1 aliphatic heterocycles. The summed E-state index contributed by atoms with van der Waals surface area (Å²) < 4.78 is 42.3. The van der Waals surface area contributed by atoms with Crippen molar-refractivity contribution < 1.29 is 27.9 Å². The number of carbonyl (C=O) groups excluding carboxylic acids is 1. The number of amides is 1. The maximum absolute atomic E-state index is 13.7. The van der Waals surface area contributed by atoms with E-state index in [0.717, 1.165) is 41.6 Å². The minimum absolute atomic E-state index is 0.0462. The zero-order valence-electron chi connectivity index (χ0n) is 19.3. The van der Waals surface area contributed by atoms with Gasteiger partial charge in [-0.1, -0.05) is 29.3 Å². The topological polar surface area (TPSA) is 109 Å². The third-order valence-corrected chi connectivity index (χ3v) is 6.23. The van der Waals surface area contributed by atoms with Crippen molar-refractivity contribution in [2.24, 2.45) is 0 Å². The van der Waals surface area contributed by atoms with Crippen molar-refractivity contribution >= 4 is 40.9 Å². The number of nitrogens with zero attached hydrogens (tertiary/aromatic N) is 3. The largest absolute Gasteiger partial charge is 0.481 e. The molecule has 1 amide bonds. The Labute approximate surface area is 219 Å². The molecule has 8 nitrogen and oxygen atoms in total. The molecule has 3 aromatic rings. The zero-order valence-corrected chi connectivity index (χ0v) is 20.8. The van der Waals surface area contributed by atoms with Gasteiger partial charge in [-0.3, -0.25) is 14.3 Å². The molecule has 0 saturated carbocycles. The molecule has 0 aliphatic carbocycles.